The number of benzene rings is 9. The Morgan fingerprint density at radius 1 is 0.254 bits per heavy atom. The maximum atomic E-state index is 4.35. The summed E-state index contributed by atoms with van der Waals surface area (Å²) in [5.41, 5.74) is 20.6. The first-order chi connectivity index (χ1) is 31.3. The van der Waals surface area contributed by atoms with Crippen molar-refractivity contribution in [1.82, 2.24) is 4.98 Å². The SMILES string of the molecule is c1ccc(N(c2ccccc2)c2ccc3c(c2)C2(c4cc(N(c5ccccc5)c5ccccc5)ccc4-c4ccccc4-3)c3ccccc3-c3cc(-c4ccncc4)ccc32)cc1. The van der Waals surface area contributed by atoms with E-state index >= 15 is 0 Å². The number of aromatic nitrogens is 1. The van der Waals surface area contributed by atoms with E-state index in [2.05, 4.69) is 251 Å². The topological polar surface area (TPSA) is 19.4 Å². The molecule has 0 bridgehead atoms. The van der Waals surface area contributed by atoms with Gasteiger partial charge in [-0.05, 0) is 158 Å². The highest BCUT2D eigenvalue weighted by molar-refractivity contribution is 6.00. The predicted molar refractivity (Wildman–Crippen MR) is 261 cm³/mol. The van der Waals surface area contributed by atoms with Crippen molar-refractivity contribution in [2.75, 3.05) is 9.80 Å². The maximum absolute atomic E-state index is 4.35. The molecule has 296 valence electrons. The van der Waals surface area contributed by atoms with E-state index in [0.717, 1.165) is 39.7 Å². The van der Waals surface area contributed by atoms with Crippen LogP contribution in [0, 0.1) is 0 Å². The number of fused-ring (bicyclic) bond motifs is 12. The van der Waals surface area contributed by atoms with Crippen molar-refractivity contribution in [2.24, 2.45) is 0 Å². The van der Waals surface area contributed by atoms with Crippen LogP contribution in [-0.2, 0) is 5.41 Å². The second-order valence-electron chi connectivity index (χ2n) is 16.3. The van der Waals surface area contributed by atoms with E-state index in [1.54, 1.807) is 0 Å². The fraction of sp³-hybridized carbons (Fsp3) is 0.0167. The highest BCUT2D eigenvalue weighted by atomic mass is 15.1. The summed E-state index contributed by atoms with van der Waals surface area (Å²) in [7, 11) is 0. The number of anilines is 6. The van der Waals surface area contributed by atoms with Crippen molar-refractivity contribution < 1.29 is 0 Å². The Morgan fingerprint density at radius 2 is 0.651 bits per heavy atom. The Kier molecular flexibility index (Phi) is 8.72. The largest absolute Gasteiger partial charge is 0.310 e. The van der Waals surface area contributed by atoms with E-state index in [1.165, 1.54) is 61.2 Å². The first kappa shape index (κ1) is 36.6. The van der Waals surface area contributed by atoms with Crippen LogP contribution < -0.4 is 9.80 Å². The van der Waals surface area contributed by atoms with Gasteiger partial charge in [-0.2, -0.15) is 0 Å². The Labute approximate surface area is 368 Å². The zero-order valence-electron chi connectivity index (χ0n) is 34.5. The molecule has 3 nitrogen and oxygen atoms in total. The molecule has 2 aliphatic rings. The van der Waals surface area contributed by atoms with Crippen molar-refractivity contribution in [3.8, 4) is 44.5 Å². The van der Waals surface area contributed by atoms with E-state index in [-0.39, 0.29) is 0 Å². The van der Waals surface area contributed by atoms with Gasteiger partial charge in [0.05, 0.1) is 5.41 Å². The molecule has 0 N–H and O–H groups in total. The number of hydrogen-bond acceptors (Lipinski definition) is 3. The quantitative estimate of drug-likeness (QED) is 0.160. The number of pyridine rings is 1. The Hall–Kier alpha value is -8.27. The van der Waals surface area contributed by atoms with Crippen LogP contribution in [0.5, 0.6) is 0 Å². The molecule has 0 unspecified atom stereocenters. The van der Waals surface area contributed by atoms with Crippen molar-refractivity contribution in [3.05, 3.63) is 271 Å². The lowest BCUT2D eigenvalue weighted by molar-refractivity contribution is 0.775. The van der Waals surface area contributed by atoms with Crippen molar-refractivity contribution in [3.63, 3.8) is 0 Å². The van der Waals surface area contributed by atoms with Gasteiger partial charge in [0.2, 0.25) is 0 Å². The second kappa shape index (κ2) is 15.0. The summed E-state index contributed by atoms with van der Waals surface area (Å²) in [4.78, 5) is 9.14. The fourth-order valence-electron chi connectivity index (χ4n) is 10.3. The monoisotopic (exact) mass is 803 g/mol. The van der Waals surface area contributed by atoms with Crippen LogP contribution in [0.1, 0.15) is 22.3 Å². The van der Waals surface area contributed by atoms with Gasteiger partial charge in [0, 0.05) is 46.5 Å². The maximum Gasteiger partial charge on any atom is 0.0727 e. The third kappa shape index (κ3) is 5.85. The molecule has 0 saturated carbocycles. The van der Waals surface area contributed by atoms with Gasteiger partial charge >= 0.3 is 0 Å². The molecule has 63 heavy (non-hydrogen) atoms. The molecule has 9 aromatic carbocycles. The zero-order chi connectivity index (χ0) is 41.7. The van der Waals surface area contributed by atoms with Gasteiger partial charge in [-0.15, -0.1) is 0 Å². The summed E-state index contributed by atoms with van der Waals surface area (Å²) < 4.78 is 0. The Bertz CT molecular complexity index is 3040. The van der Waals surface area contributed by atoms with Crippen LogP contribution in [0.3, 0.4) is 0 Å². The van der Waals surface area contributed by atoms with Crippen LogP contribution in [0.2, 0.25) is 0 Å². The van der Waals surface area contributed by atoms with E-state index in [9.17, 15) is 0 Å². The molecular formula is C60H41N3. The molecule has 2 aliphatic carbocycles. The van der Waals surface area contributed by atoms with Crippen LogP contribution in [-0.4, -0.2) is 4.98 Å². The molecule has 0 fully saturated rings. The Balaban J connectivity index is 1.22. The van der Waals surface area contributed by atoms with E-state index in [1.807, 2.05) is 12.4 Å². The molecule has 3 heteroatoms. The molecule has 1 spiro atoms. The molecular weight excluding hydrogens is 763 g/mol. The minimum atomic E-state index is -0.726. The van der Waals surface area contributed by atoms with Gasteiger partial charge in [-0.1, -0.05) is 146 Å². The highest BCUT2D eigenvalue weighted by Gasteiger charge is 2.50. The van der Waals surface area contributed by atoms with Crippen LogP contribution >= 0.6 is 0 Å². The minimum absolute atomic E-state index is 0.726. The van der Waals surface area contributed by atoms with Gasteiger partial charge < -0.3 is 9.80 Å². The summed E-state index contributed by atoms with van der Waals surface area (Å²) in [6, 6.07) is 86.8. The zero-order valence-corrected chi connectivity index (χ0v) is 34.5. The lowest BCUT2D eigenvalue weighted by Gasteiger charge is -2.37. The Morgan fingerprint density at radius 3 is 1.13 bits per heavy atom. The number of nitrogens with zero attached hydrogens (tertiary/aromatic N) is 3. The lowest BCUT2D eigenvalue weighted by Crippen LogP contribution is -2.30. The second-order valence-corrected chi connectivity index (χ2v) is 16.3. The third-order valence-electron chi connectivity index (χ3n) is 13.0. The third-order valence-corrected chi connectivity index (χ3v) is 13.0. The molecule has 0 saturated heterocycles. The van der Waals surface area contributed by atoms with Crippen molar-refractivity contribution in [1.29, 1.82) is 0 Å². The highest BCUT2D eigenvalue weighted by Crippen LogP contribution is 2.63. The average Bonchev–Trinajstić information content (AvgIpc) is 3.60. The van der Waals surface area contributed by atoms with E-state index < -0.39 is 5.41 Å². The van der Waals surface area contributed by atoms with Crippen LogP contribution in [0.25, 0.3) is 44.5 Å². The van der Waals surface area contributed by atoms with Crippen molar-refractivity contribution >= 4 is 34.1 Å². The summed E-state index contributed by atoms with van der Waals surface area (Å²) in [5.74, 6) is 0. The molecule has 0 amide bonds. The molecule has 0 radical (unpaired) electrons. The molecule has 0 atom stereocenters. The summed E-state index contributed by atoms with van der Waals surface area (Å²) in [6.07, 6.45) is 3.76. The van der Waals surface area contributed by atoms with Crippen LogP contribution in [0.4, 0.5) is 34.1 Å². The molecule has 1 heterocycles. The fourth-order valence-corrected chi connectivity index (χ4v) is 10.3. The number of para-hydroxylation sites is 4. The molecule has 0 aliphatic heterocycles. The van der Waals surface area contributed by atoms with Gasteiger partial charge in [0.25, 0.3) is 0 Å². The average molecular weight is 804 g/mol. The minimum Gasteiger partial charge on any atom is -0.310 e. The van der Waals surface area contributed by atoms with Crippen LogP contribution in [0.15, 0.2) is 249 Å². The van der Waals surface area contributed by atoms with Gasteiger partial charge in [-0.25, -0.2) is 0 Å². The smallest absolute Gasteiger partial charge is 0.0727 e. The van der Waals surface area contributed by atoms with Gasteiger partial charge in [0.1, 0.15) is 0 Å². The van der Waals surface area contributed by atoms with Gasteiger partial charge in [-0.3, -0.25) is 4.98 Å². The van der Waals surface area contributed by atoms with E-state index in [4.69, 9.17) is 0 Å². The number of rotatable bonds is 7. The first-order valence-electron chi connectivity index (χ1n) is 21.6. The molecule has 12 rings (SSSR count). The summed E-state index contributed by atoms with van der Waals surface area (Å²) >= 11 is 0. The summed E-state index contributed by atoms with van der Waals surface area (Å²) in [5, 5.41) is 0. The summed E-state index contributed by atoms with van der Waals surface area (Å²) in [6.45, 7) is 0. The lowest BCUT2D eigenvalue weighted by atomic mass is 9.65. The molecule has 1 aromatic heterocycles. The standard InChI is InChI=1S/C60H41N3/c1-5-17-44(18-6-1)62(45-19-7-2-8-20-45)48-30-32-53-50-25-13-14-26-51(50)54-33-31-49(63(46-21-9-3-10-22-46)47-23-11-4-12-24-47)41-59(54)60(58(53)40-48)56-28-16-15-27-52(56)55-39-43(29-34-57(55)60)42-35-37-61-38-36-42/h1-41H. The van der Waals surface area contributed by atoms with Gasteiger partial charge in [0.15, 0.2) is 0 Å². The number of hydrogen-bond donors (Lipinski definition) is 0. The molecule has 10 aromatic rings. The predicted octanol–water partition coefficient (Wildman–Crippen LogP) is 15.7. The first-order valence-corrected chi connectivity index (χ1v) is 21.6. The van der Waals surface area contributed by atoms with E-state index in [0.29, 0.717) is 0 Å². The van der Waals surface area contributed by atoms with Crippen molar-refractivity contribution in [2.45, 2.75) is 5.41 Å². The normalized spacial score (nSPS) is 12.6.